The van der Waals surface area contributed by atoms with Crippen LogP contribution in [0.5, 0.6) is 0 Å². The largest absolute Gasteiger partial charge is 0.476 e. The van der Waals surface area contributed by atoms with E-state index in [0.29, 0.717) is 11.3 Å². The molecule has 0 aliphatic rings. The Morgan fingerprint density at radius 2 is 2.12 bits per heavy atom. The predicted molar refractivity (Wildman–Crippen MR) is 95.5 cm³/mol. The first kappa shape index (κ1) is 18.3. The number of carboxylic acids is 1. The van der Waals surface area contributed by atoms with Crippen LogP contribution in [0.1, 0.15) is 21.7 Å². The Bertz CT molecular complexity index is 952. The number of nitrogens with zero attached hydrogens (tertiary/aromatic N) is 3. The Balaban J connectivity index is 2.26. The Kier molecular flexibility index (Phi) is 5.40. The molecule has 2 aromatic heterocycles. The fourth-order valence-electron chi connectivity index (χ4n) is 1.95. The number of imidazole rings is 1. The maximum absolute atomic E-state index is 12.2. The second kappa shape index (κ2) is 7.67. The van der Waals surface area contributed by atoms with Gasteiger partial charge in [0.05, 0.1) is 17.1 Å². The third kappa shape index (κ3) is 4.07. The van der Waals surface area contributed by atoms with E-state index in [1.165, 1.54) is 29.1 Å². The number of aromatic carboxylic acids is 1. The van der Waals surface area contributed by atoms with Gasteiger partial charge in [-0.2, -0.15) is 0 Å². The van der Waals surface area contributed by atoms with Crippen LogP contribution in [0.3, 0.4) is 0 Å². The van der Waals surface area contributed by atoms with Gasteiger partial charge < -0.3 is 21.9 Å². The van der Waals surface area contributed by atoms with Crippen molar-refractivity contribution in [1.82, 2.24) is 14.5 Å². The Hall–Kier alpha value is -4.06. The quantitative estimate of drug-likeness (QED) is 0.348. The minimum Gasteiger partial charge on any atom is -0.476 e. The van der Waals surface area contributed by atoms with Crippen LogP contribution >= 0.6 is 0 Å². The maximum atomic E-state index is 12.2. The summed E-state index contributed by atoms with van der Waals surface area (Å²) in [4.78, 5) is 31.3. The summed E-state index contributed by atoms with van der Waals surface area (Å²) in [5, 5.41) is 11.6. The van der Waals surface area contributed by atoms with E-state index in [2.05, 4.69) is 21.2 Å². The van der Waals surface area contributed by atoms with E-state index in [1.54, 1.807) is 19.3 Å². The summed E-state index contributed by atoms with van der Waals surface area (Å²) in [6.45, 7) is 1.57. The van der Waals surface area contributed by atoms with Crippen LogP contribution in [0.25, 0.3) is 5.82 Å². The van der Waals surface area contributed by atoms with E-state index in [0.717, 1.165) is 0 Å². The van der Waals surface area contributed by atoms with Gasteiger partial charge in [-0.1, -0.05) is 5.92 Å². The molecule has 132 valence electrons. The summed E-state index contributed by atoms with van der Waals surface area (Å²) < 4.78 is 1.52. The van der Waals surface area contributed by atoms with Gasteiger partial charge in [0, 0.05) is 18.0 Å². The topological polar surface area (TPSA) is 149 Å². The lowest BCUT2D eigenvalue weighted by Crippen LogP contribution is -2.22. The molecule has 0 bridgehead atoms. The normalized spacial score (nSPS) is 11.7. The zero-order valence-corrected chi connectivity index (χ0v) is 13.8. The second-order valence-electron chi connectivity index (χ2n) is 5.10. The molecular formula is C17H16N6O3. The maximum Gasteiger partial charge on any atom is 0.356 e. The molecule has 2 heterocycles. The van der Waals surface area contributed by atoms with Crippen molar-refractivity contribution in [2.24, 2.45) is 11.5 Å². The van der Waals surface area contributed by atoms with Gasteiger partial charge in [-0.3, -0.25) is 9.36 Å². The number of hydrogen-bond acceptors (Lipinski definition) is 6. The van der Waals surface area contributed by atoms with Crippen LogP contribution < -0.4 is 16.8 Å². The van der Waals surface area contributed by atoms with Gasteiger partial charge in [0.15, 0.2) is 5.69 Å². The number of aryl methyl sites for hydroxylation is 1. The molecule has 0 aromatic carbocycles. The Morgan fingerprint density at radius 1 is 1.38 bits per heavy atom. The minimum absolute atomic E-state index is 0.0519. The number of amides is 1. The van der Waals surface area contributed by atoms with E-state index < -0.39 is 11.9 Å². The number of hydrogen-bond donors (Lipinski definition) is 4. The van der Waals surface area contributed by atoms with Crippen LogP contribution in [0.2, 0.25) is 0 Å². The first-order valence-electron chi connectivity index (χ1n) is 7.27. The predicted octanol–water partition coefficient (Wildman–Crippen LogP) is 0.504. The number of carbonyl (C=O) groups excluding carboxylic acids is 1. The van der Waals surface area contributed by atoms with Crippen LogP contribution in [0.4, 0.5) is 5.69 Å². The lowest BCUT2D eigenvalue weighted by atomic mass is 10.1. The Morgan fingerprint density at radius 3 is 2.69 bits per heavy atom. The molecule has 0 saturated carbocycles. The first-order chi connectivity index (χ1) is 12.3. The summed E-state index contributed by atoms with van der Waals surface area (Å²) in [6, 6.07) is 1.35. The number of pyridine rings is 1. The highest BCUT2D eigenvalue weighted by Gasteiger charge is 2.17. The molecule has 9 nitrogen and oxygen atoms in total. The molecule has 0 unspecified atom stereocenters. The van der Waals surface area contributed by atoms with E-state index >= 15 is 0 Å². The number of carboxylic acid groups (broad SMARTS) is 1. The molecule has 0 fully saturated rings. The summed E-state index contributed by atoms with van der Waals surface area (Å²) in [5.74, 6) is 0.628. The van der Waals surface area contributed by atoms with E-state index in [-0.39, 0.29) is 22.9 Å². The number of terminal acetylenes is 1. The van der Waals surface area contributed by atoms with Crippen molar-refractivity contribution >= 4 is 23.4 Å². The van der Waals surface area contributed by atoms with Crippen molar-refractivity contribution in [2.45, 2.75) is 6.92 Å². The molecule has 0 saturated heterocycles. The van der Waals surface area contributed by atoms with Crippen LogP contribution in [-0.4, -0.2) is 31.5 Å². The second-order valence-corrected chi connectivity index (χ2v) is 5.10. The van der Waals surface area contributed by atoms with Crippen molar-refractivity contribution < 1.29 is 14.7 Å². The standard InChI is InChI=1S/C17H16N6O3/c1-3-11-8-13(15(17(25)26)21-10(11)2)22-16(24)12(18)4-5-14(19)23-7-6-20-9-23/h1,4-9H,18-19H2,2H3,(H,22,24)(H,25,26)/b12-4-,14-5+. The van der Waals surface area contributed by atoms with Gasteiger partial charge in [0.2, 0.25) is 0 Å². The van der Waals surface area contributed by atoms with Gasteiger partial charge in [-0.05, 0) is 25.1 Å². The molecule has 1 amide bonds. The van der Waals surface area contributed by atoms with Crippen molar-refractivity contribution in [1.29, 1.82) is 0 Å². The molecule has 0 atom stereocenters. The molecule has 0 spiro atoms. The molecular weight excluding hydrogens is 336 g/mol. The van der Waals surface area contributed by atoms with Crippen molar-refractivity contribution in [3.05, 3.63) is 59.6 Å². The average Bonchev–Trinajstić information content (AvgIpc) is 3.14. The zero-order chi connectivity index (χ0) is 19.3. The smallest absolute Gasteiger partial charge is 0.356 e. The van der Waals surface area contributed by atoms with Crippen molar-refractivity contribution in [3.8, 4) is 12.3 Å². The van der Waals surface area contributed by atoms with Crippen molar-refractivity contribution in [2.75, 3.05) is 5.32 Å². The Labute approximate surface area is 149 Å². The number of allylic oxidation sites excluding steroid dienone is 2. The summed E-state index contributed by atoms with van der Waals surface area (Å²) in [5.41, 5.74) is 11.7. The molecule has 9 heteroatoms. The van der Waals surface area contributed by atoms with Gasteiger partial charge in [0.25, 0.3) is 5.91 Å². The van der Waals surface area contributed by atoms with Crippen LogP contribution in [0.15, 0.2) is 42.6 Å². The molecule has 2 aromatic rings. The number of nitrogens with two attached hydrogens (primary N) is 2. The highest BCUT2D eigenvalue weighted by molar-refractivity contribution is 6.06. The third-order valence-corrected chi connectivity index (χ3v) is 3.32. The summed E-state index contributed by atoms with van der Waals surface area (Å²) in [7, 11) is 0. The molecule has 0 radical (unpaired) electrons. The number of rotatable bonds is 5. The zero-order valence-electron chi connectivity index (χ0n) is 13.8. The van der Waals surface area contributed by atoms with Gasteiger partial charge in [-0.15, -0.1) is 6.42 Å². The first-order valence-corrected chi connectivity index (χ1v) is 7.27. The molecule has 6 N–H and O–H groups in total. The number of aromatic nitrogens is 3. The third-order valence-electron chi connectivity index (χ3n) is 3.32. The van der Waals surface area contributed by atoms with E-state index in [9.17, 15) is 14.7 Å². The fourth-order valence-corrected chi connectivity index (χ4v) is 1.95. The van der Waals surface area contributed by atoms with E-state index in [1.807, 2.05) is 0 Å². The van der Waals surface area contributed by atoms with E-state index in [4.69, 9.17) is 17.9 Å². The summed E-state index contributed by atoms with van der Waals surface area (Å²) >= 11 is 0. The van der Waals surface area contributed by atoms with Gasteiger partial charge >= 0.3 is 5.97 Å². The number of carbonyl (C=O) groups is 2. The monoisotopic (exact) mass is 352 g/mol. The highest BCUT2D eigenvalue weighted by Crippen LogP contribution is 2.18. The van der Waals surface area contributed by atoms with Gasteiger partial charge in [-0.25, -0.2) is 14.8 Å². The minimum atomic E-state index is -1.31. The number of nitrogens with one attached hydrogen (secondary N) is 1. The SMILES string of the molecule is C#Cc1cc(NC(=O)/C(N)=C/C=C(\N)n2ccnc2)c(C(=O)O)nc1C. The van der Waals surface area contributed by atoms with Crippen molar-refractivity contribution in [3.63, 3.8) is 0 Å². The molecule has 26 heavy (non-hydrogen) atoms. The highest BCUT2D eigenvalue weighted by atomic mass is 16.4. The van der Waals surface area contributed by atoms with Gasteiger partial charge in [0.1, 0.15) is 12.1 Å². The molecule has 0 aliphatic carbocycles. The molecule has 2 rings (SSSR count). The van der Waals surface area contributed by atoms with Crippen LogP contribution in [-0.2, 0) is 4.79 Å². The average molecular weight is 352 g/mol. The number of anilines is 1. The lowest BCUT2D eigenvalue weighted by molar-refractivity contribution is -0.112. The molecule has 0 aliphatic heterocycles. The summed E-state index contributed by atoms with van der Waals surface area (Å²) in [6.07, 6.45) is 12.7. The lowest BCUT2D eigenvalue weighted by Gasteiger charge is -2.10. The van der Waals surface area contributed by atoms with Crippen LogP contribution in [0, 0.1) is 19.3 Å². The fraction of sp³-hybridized carbons (Fsp3) is 0.0588.